The quantitative estimate of drug-likeness (QED) is 0.684. The molecule has 1 fully saturated rings. The number of carbonyl (C=O) groups excluding carboxylic acids is 1. The number of carbonyl (C=O) groups is 1. The highest BCUT2D eigenvalue weighted by Gasteiger charge is 2.24. The molecule has 1 aliphatic rings. The first-order valence-electron chi connectivity index (χ1n) is 9.50. The molecule has 2 aromatic heterocycles. The molecule has 7 heteroatoms. The van der Waals surface area contributed by atoms with E-state index in [-0.39, 0.29) is 5.91 Å². The summed E-state index contributed by atoms with van der Waals surface area (Å²) >= 11 is 0. The van der Waals surface area contributed by atoms with Crippen LogP contribution >= 0.6 is 0 Å². The van der Waals surface area contributed by atoms with Crippen molar-refractivity contribution < 1.29 is 9.53 Å². The van der Waals surface area contributed by atoms with Gasteiger partial charge >= 0.3 is 0 Å². The molecule has 3 aromatic rings. The molecule has 0 spiro atoms. The number of hydrogen-bond acceptors (Lipinski definition) is 5. The molecule has 0 bridgehead atoms. The van der Waals surface area contributed by atoms with E-state index in [1.54, 1.807) is 10.9 Å². The molecule has 144 valence electrons. The third-order valence-corrected chi connectivity index (χ3v) is 5.01. The Morgan fingerprint density at radius 1 is 1.18 bits per heavy atom. The van der Waals surface area contributed by atoms with Crippen LogP contribution < -0.4 is 4.74 Å². The van der Waals surface area contributed by atoms with E-state index in [1.807, 2.05) is 54.4 Å². The summed E-state index contributed by atoms with van der Waals surface area (Å²) in [6.07, 6.45) is 6.96. The van der Waals surface area contributed by atoms with Crippen LogP contribution in [0.25, 0.3) is 5.69 Å². The van der Waals surface area contributed by atoms with Crippen molar-refractivity contribution >= 4 is 5.91 Å². The second-order valence-corrected chi connectivity index (χ2v) is 7.05. The van der Waals surface area contributed by atoms with Crippen LogP contribution in [-0.2, 0) is 0 Å². The minimum atomic E-state index is 0.0693. The number of hydrogen-bond donors (Lipinski definition) is 0. The Hall–Kier alpha value is -3.22. The van der Waals surface area contributed by atoms with Gasteiger partial charge in [0.2, 0.25) is 5.88 Å². The Balaban J connectivity index is 1.32. The molecule has 0 N–H and O–H groups in total. The molecule has 0 unspecified atom stereocenters. The molecular formula is C21H23N5O2. The van der Waals surface area contributed by atoms with Crippen LogP contribution in [0.15, 0.2) is 55.1 Å². The highest BCUT2D eigenvalue weighted by molar-refractivity contribution is 5.94. The second kappa shape index (κ2) is 8.21. The molecule has 1 aromatic carbocycles. The summed E-state index contributed by atoms with van der Waals surface area (Å²) in [6, 6.07) is 11.3. The Morgan fingerprint density at radius 3 is 2.79 bits per heavy atom. The van der Waals surface area contributed by atoms with E-state index in [1.165, 1.54) is 6.33 Å². The molecule has 0 aliphatic carbocycles. The summed E-state index contributed by atoms with van der Waals surface area (Å²) in [7, 11) is 0. The maximum atomic E-state index is 12.9. The lowest BCUT2D eigenvalue weighted by atomic mass is 9.97. The highest BCUT2D eigenvalue weighted by Crippen LogP contribution is 2.21. The lowest BCUT2D eigenvalue weighted by Crippen LogP contribution is -2.39. The molecule has 0 radical (unpaired) electrons. The average Bonchev–Trinajstić information content (AvgIpc) is 3.27. The van der Waals surface area contributed by atoms with Gasteiger partial charge < -0.3 is 9.64 Å². The second-order valence-electron chi connectivity index (χ2n) is 7.05. The molecule has 3 heterocycles. The molecule has 0 saturated carbocycles. The third kappa shape index (κ3) is 4.19. The number of aryl methyl sites for hydroxylation is 1. The van der Waals surface area contributed by atoms with Gasteiger partial charge in [-0.2, -0.15) is 5.10 Å². The monoisotopic (exact) mass is 377 g/mol. The first-order chi connectivity index (χ1) is 13.7. The first-order valence-corrected chi connectivity index (χ1v) is 9.50. The SMILES string of the molecule is Cc1cc(OCC2CCN(C(=O)c3cccc(-n4cccn4)c3)CC2)ncn1. The van der Waals surface area contributed by atoms with E-state index >= 15 is 0 Å². The van der Waals surface area contributed by atoms with Gasteiger partial charge in [0.05, 0.1) is 12.3 Å². The number of amides is 1. The fraction of sp³-hybridized carbons (Fsp3) is 0.333. The lowest BCUT2D eigenvalue weighted by Gasteiger charge is -2.32. The van der Waals surface area contributed by atoms with Crippen LogP contribution in [0.1, 0.15) is 28.9 Å². The van der Waals surface area contributed by atoms with Crippen LogP contribution in [0.3, 0.4) is 0 Å². The fourth-order valence-electron chi connectivity index (χ4n) is 3.40. The molecule has 1 saturated heterocycles. The number of rotatable bonds is 5. The van der Waals surface area contributed by atoms with Crippen molar-refractivity contribution in [3.05, 3.63) is 66.4 Å². The summed E-state index contributed by atoms with van der Waals surface area (Å²) in [6.45, 7) is 4.01. The van der Waals surface area contributed by atoms with Gasteiger partial charge in [0, 0.05) is 42.8 Å². The predicted octanol–water partition coefficient (Wildman–Crippen LogP) is 2.90. The summed E-state index contributed by atoms with van der Waals surface area (Å²) in [5, 5.41) is 4.23. The van der Waals surface area contributed by atoms with Crippen molar-refractivity contribution in [2.45, 2.75) is 19.8 Å². The summed E-state index contributed by atoms with van der Waals surface area (Å²) < 4.78 is 7.56. The van der Waals surface area contributed by atoms with E-state index < -0.39 is 0 Å². The van der Waals surface area contributed by atoms with Gasteiger partial charge in [-0.25, -0.2) is 14.6 Å². The van der Waals surface area contributed by atoms with Crippen molar-refractivity contribution in [1.82, 2.24) is 24.6 Å². The van der Waals surface area contributed by atoms with Crippen molar-refractivity contribution in [2.75, 3.05) is 19.7 Å². The van der Waals surface area contributed by atoms with Crippen LogP contribution in [-0.4, -0.2) is 50.3 Å². The molecule has 1 aliphatic heterocycles. The molecule has 0 atom stereocenters. The zero-order valence-electron chi connectivity index (χ0n) is 15.9. The molecule has 28 heavy (non-hydrogen) atoms. The fourth-order valence-corrected chi connectivity index (χ4v) is 3.40. The summed E-state index contributed by atoms with van der Waals surface area (Å²) in [4.78, 5) is 23.0. The van der Waals surface area contributed by atoms with Crippen LogP contribution in [0.4, 0.5) is 0 Å². The van der Waals surface area contributed by atoms with E-state index in [9.17, 15) is 4.79 Å². The Labute approximate surface area is 164 Å². The van der Waals surface area contributed by atoms with Crippen molar-refractivity contribution in [3.8, 4) is 11.6 Å². The van der Waals surface area contributed by atoms with E-state index in [0.717, 1.165) is 37.3 Å². The summed E-state index contributed by atoms with van der Waals surface area (Å²) in [5.74, 6) is 1.11. The largest absolute Gasteiger partial charge is 0.477 e. The molecule has 7 nitrogen and oxygen atoms in total. The predicted molar refractivity (Wildman–Crippen MR) is 104 cm³/mol. The van der Waals surface area contributed by atoms with E-state index in [2.05, 4.69) is 15.1 Å². The van der Waals surface area contributed by atoms with E-state index in [0.29, 0.717) is 24.0 Å². The molecular weight excluding hydrogens is 354 g/mol. The zero-order chi connectivity index (χ0) is 19.3. The van der Waals surface area contributed by atoms with Gasteiger partial charge in [0.15, 0.2) is 0 Å². The number of piperidine rings is 1. The summed E-state index contributed by atoms with van der Waals surface area (Å²) in [5.41, 5.74) is 2.47. The maximum absolute atomic E-state index is 12.9. The Morgan fingerprint density at radius 2 is 2.04 bits per heavy atom. The number of nitrogens with zero attached hydrogens (tertiary/aromatic N) is 5. The minimum Gasteiger partial charge on any atom is -0.477 e. The Kier molecular flexibility index (Phi) is 5.32. The average molecular weight is 377 g/mol. The standard InChI is InChI=1S/C21H23N5O2/c1-16-12-20(23-15-22-16)28-14-17-6-10-25(11-7-17)21(27)18-4-2-5-19(13-18)26-9-3-8-24-26/h2-5,8-9,12-13,15,17H,6-7,10-11,14H2,1H3. The van der Waals surface area contributed by atoms with Crippen molar-refractivity contribution in [2.24, 2.45) is 5.92 Å². The van der Waals surface area contributed by atoms with Gasteiger partial charge in [0.25, 0.3) is 5.91 Å². The number of likely N-dealkylation sites (tertiary alicyclic amines) is 1. The molecule has 4 rings (SSSR count). The van der Waals surface area contributed by atoms with Crippen LogP contribution in [0.5, 0.6) is 5.88 Å². The smallest absolute Gasteiger partial charge is 0.253 e. The van der Waals surface area contributed by atoms with Gasteiger partial charge in [-0.3, -0.25) is 4.79 Å². The van der Waals surface area contributed by atoms with Gasteiger partial charge in [-0.05, 0) is 49.9 Å². The number of ether oxygens (including phenoxy) is 1. The van der Waals surface area contributed by atoms with Gasteiger partial charge in [0.1, 0.15) is 6.33 Å². The number of aromatic nitrogens is 4. The van der Waals surface area contributed by atoms with Gasteiger partial charge in [-0.1, -0.05) is 6.07 Å². The van der Waals surface area contributed by atoms with Crippen molar-refractivity contribution in [3.63, 3.8) is 0 Å². The van der Waals surface area contributed by atoms with Crippen LogP contribution in [0.2, 0.25) is 0 Å². The topological polar surface area (TPSA) is 73.1 Å². The van der Waals surface area contributed by atoms with E-state index in [4.69, 9.17) is 4.74 Å². The number of benzene rings is 1. The van der Waals surface area contributed by atoms with Crippen LogP contribution in [0, 0.1) is 12.8 Å². The normalized spacial score (nSPS) is 14.8. The Bertz CT molecular complexity index is 933. The van der Waals surface area contributed by atoms with Gasteiger partial charge in [-0.15, -0.1) is 0 Å². The third-order valence-electron chi connectivity index (χ3n) is 5.01. The first kappa shape index (κ1) is 18.2. The minimum absolute atomic E-state index is 0.0693. The highest BCUT2D eigenvalue weighted by atomic mass is 16.5. The maximum Gasteiger partial charge on any atom is 0.253 e. The lowest BCUT2D eigenvalue weighted by molar-refractivity contribution is 0.0659. The van der Waals surface area contributed by atoms with Crippen molar-refractivity contribution in [1.29, 1.82) is 0 Å². The zero-order valence-corrected chi connectivity index (χ0v) is 15.9. The molecule has 1 amide bonds.